The number of amides is 1. The lowest BCUT2D eigenvalue weighted by Gasteiger charge is -2.26. The van der Waals surface area contributed by atoms with Crippen LogP contribution < -0.4 is 0 Å². The number of hydrogen-bond donors (Lipinski definition) is 0. The smallest absolute Gasteiger partial charge is 0.410 e. The Hall–Kier alpha value is -1.06. The molecule has 0 aromatic carbocycles. The van der Waals surface area contributed by atoms with Gasteiger partial charge in [0.15, 0.2) is 0 Å². The summed E-state index contributed by atoms with van der Waals surface area (Å²) in [5.74, 6) is 0.368. The first-order chi connectivity index (χ1) is 6.83. The molecule has 0 spiro atoms. The van der Waals surface area contributed by atoms with Crippen LogP contribution in [0.4, 0.5) is 4.79 Å². The molecule has 1 saturated heterocycles. The molecule has 1 rings (SSSR count). The number of aldehydes is 1. The Bertz CT molecular complexity index is 257. The topological polar surface area (TPSA) is 46.6 Å². The van der Waals surface area contributed by atoms with Gasteiger partial charge >= 0.3 is 6.09 Å². The lowest BCUT2D eigenvalue weighted by atomic mass is 10.1. The fourth-order valence-electron chi connectivity index (χ4n) is 1.74. The van der Waals surface area contributed by atoms with Gasteiger partial charge in [-0.05, 0) is 33.1 Å². The molecule has 1 aliphatic rings. The molecule has 0 radical (unpaired) electrons. The highest BCUT2D eigenvalue weighted by atomic mass is 16.6. The van der Waals surface area contributed by atoms with E-state index in [1.807, 2.05) is 27.7 Å². The SMILES string of the molecule is C[C@H]1CC(C=O)N(C(=O)OC(C)(C)C)C1. The number of carbonyl (C=O) groups is 2. The Morgan fingerprint density at radius 3 is 2.53 bits per heavy atom. The van der Waals surface area contributed by atoms with Crippen LogP contribution in [0.5, 0.6) is 0 Å². The summed E-state index contributed by atoms with van der Waals surface area (Å²) in [7, 11) is 0. The van der Waals surface area contributed by atoms with Gasteiger partial charge in [-0.1, -0.05) is 6.92 Å². The van der Waals surface area contributed by atoms with Crippen molar-refractivity contribution in [3.05, 3.63) is 0 Å². The number of hydrogen-bond acceptors (Lipinski definition) is 3. The van der Waals surface area contributed by atoms with E-state index >= 15 is 0 Å². The molecule has 15 heavy (non-hydrogen) atoms. The van der Waals surface area contributed by atoms with E-state index in [2.05, 4.69) is 0 Å². The minimum atomic E-state index is -0.504. The third-order valence-electron chi connectivity index (χ3n) is 2.34. The first-order valence-corrected chi connectivity index (χ1v) is 5.28. The van der Waals surface area contributed by atoms with Crippen molar-refractivity contribution in [2.24, 2.45) is 5.92 Å². The van der Waals surface area contributed by atoms with Crippen LogP contribution >= 0.6 is 0 Å². The monoisotopic (exact) mass is 213 g/mol. The third-order valence-corrected chi connectivity index (χ3v) is 2.34. The minimum absolute atomic E-state index is 0.310. The Morgan fingerprint density at radius 2 is 2.07 bits per heavy atom. The zero-order valence-electron chi connectivity index (χ0n) is 9.82. The third kappa shape index (κ3) is 3.22. The molecular weight excluding hydrogens is 194 g/mol. The van der Waals surface area contributed by atoms with E-state index < -0.39 is 5.60 Å². The largest absolute Gasteiger partial charge is 0.444 e. The summed E-state index contributed by atoms with van der Waals surface area (Å²) in [6.07, 6.45) is 1.18. The van der Waals surface area contributed by atoms with Crippen molar-refractivity contribution < 1.29 is 14.3 Å². The normalized spacial score (nSPS) is 26.5. The molecule has 0 aromatic heterocycles. The standard InChI is InChI=1S/C11H19NO3/c1-8-5-9(7-13)12(6-8)10(14)15-11(2,3)4/h7-9H,5-6H2,1-4H3/t8-,9?/m0/s1. The van der Waals surface area contributed by atoms with Gasteiger partial charge in [0, 0.05) is 6.54 Å². The van der Waals surface area contributed by atoms with E-state index in [0.29, 0.717) is 12.5 Å². The highest BCUT2D eigenvalue weighted by molar-refractivity contribution is 5.74. The highest BCUT2D eigenvalue weighted by Gasteiger charge is 2.35. The van der Waals surface area contributed by atoms with Crippen LogP contribution in [0.3, 0.4) is 0 Å². The molecule has 86 valence electrons. The van der Waals surface area contributed by atoms with Crippen molar-refractivity contribution in [3.8, 4) is 0 Å². The van der Waals surface area contributed by atoms with Crippen LogP contribution in [0.2, 0.25) is 0 Å². The molecule has 1 aliphatic heterocycles. The van der Waals surface area contributed by atoms with Crippen molar-refractivity contribution in [1.82, 2.24) is 4.90 Å². The summed E-state index contributed by atoms with van der Waals surface area (Å²) < 4.78 is 5.23. The van der Waals surface area contributed by atoms with Gasteiger partial charge in [-0.3, -0.25) is 4.90 Å². The van der Waals surface area contributed by atoms with E-state index in [-0.39, 0.29) is 12.1 Å². The van der Waals surface area contributed by atoms with Gasteiger partial charge in [0.25, 0.3) is 0 Å². The molecule has 4 heteroatoms. The summed E-state index contributed by atoms with van der Waals surface area (Å²) in [5, 5.41) is 0. The van der Waals surface area contributed by atoms with Gasteiger partial charge in [-0.2, -0.15) is 0 Å². The lowest BCUT2D eigenvalue weighted by molar-refractivity contribution is -0.111. The maximum Gasteiger partial charge on any atom is 0.410 e. The van der Waals surface area contributed by atoms with Crippen molar-refractivity contribution in [2.75, 3.05) is 6.54 Å². The lowest BCUT2D eigenvalue weighted by Crippen LogP contribution is -2.40. The molecular formula is C11H19NO3. The molecule has 0 aliphatic carbocycles. The first-order valence-electron chi connectivity index (χ1n) is 5.28. The average Bonchev–Trinajstić information content (AvgIpc) is 2.43. The van der Waals surface area contributed by atoms with Crippen molar-refractivity contribution in [2.45, 2.75) is 45.8 Å². The van der Waals surface area contributed by atoms with Crippen LogP contribution in [-0.2, 0) is 9.53 Å². The number of ether oxygens (including phenoxy) is 1. The molecule has 0 N–H and O–H groups in total. The van der Waals surface area contributed by atoms with Crippen molar-refractivity contribution >= 4 is 12.4 Å². The Morgan fingerprint density at radius 1 is 1.47 bits per heavy atom. The maximum absolute atomic E-state index is 11.7. The Kier molecular flexibility index (Phi) is 3.37. The summed E-state index contributed by atoms with van der Waals surface area (Å²) in [4.78, 5) is 24.0. The van der Waals surface area contributed by atoms with E-state index in [0.717, 1.165) is 12.7 Å². The van der Waals surface area contributed by atoms with Crippen LogP contribution in [0.25, 0.3) is 0 Å². The number of carbonyl (C=O) groups excluding carboxylic acids is 2. The van der Waals surface area contributed by atoms with E-state index in [4.69, 9.17) is 4.74 Å². The molecule has 0 bridgehead atoms. The van der Waals surface area contributed by atoms with Gasteiger partial charge in [0.1, 0.15) is 11.9 Å². The summed E-state index contributed by atoms with van der Waals surface area (Å²) in [6, 6.07) is -0.310. The van der Waals surface area contributed by atoms with Gasteiger partial charge < -0.3 is 9.53 Å². The highest BCUT2D eigenvalue weighted by Crippen LogP contribution is 2.23. The molecule has 0 aromatic rings. The molecule has 1 fully saturated rings. The van der Waals surface area contributed by atoms with Gasteiger partial charge in [0.2, 0.25) is 0 Å². The molecule has 2 atom stereocenters. The predicted molar refractivity (Wildman–Crippen MR) is 56.6 cm³/mol. The number of nitrogens with zero attached hydrogens (tertiary/aromatic N) is 1. The quantitative estimate of drug-likeness (QED) is 0.624. The average molecular weight is 213 g/mol. The number of likely N-dealkylation sites (tertiary alicyclic amines) is 1. The summed E-state index contributed by atoms with van der Waals surface area (Å²) >= 11 is 0. The molecule has 1 unspecified atom stereocenters. The molecule has 1 amide bonds. The second-order valence-corrected chi connectivity index (χ2v) is 5.18. The predicted octanol–water partition coefficient (Wildman–Crippen LogP) is 1.83. The van der Waals surface area contributed by atoms with Gasteiger partial charge in [-0.25, -0.2) is 4.79 Å². The van der Waals surface area contributed by atoms with E-state index in [1.54, 1.807) is 0 Å². The second-order valence-electron chi connectivity index (χ2n) is 5.18. The minimum Gasteiger partial charge on any atom is -0.444 e. The zero-order valence-corrected chi connectivity index (χ0v) is 9.82. The fourth-order valence-corrected chi connectivity index (χ4v) is 1.74. The van der Waals surface area contributed by atoms with Crippen LogP contribution in [0.1, 0.15) is 34.1 Å². The van der Waals surface area contributed by atoms with Gasteiger partial charge in [-0.15, -0.1) is 0 Å². The maximum atomic E-state index is 11.7. The van der Waals surface area contributed by atoms with E-state index in [9.17, 15) is 9.59 Å². The van der Waals surface area contributed by atoms with Gasteiger partial charge in [0.05, 0.1) is 6.04 Å². The Balaban J connectivity index is 2.63. The fraction of sp³-hybridized carbons (Fsp3) is 0.818. The molecule has 4 nitrogen and oxygen atoms in total. The molecule has 0 saturated carbocycles. The first kappa shape index (κ1) is 12.0. The van der Waals surface area contributed by atoms with Crippen LogP contribution in [0, 0.1) is 5.92 Å². The summed E-state index contributed by atoms with van der Waals surface area (Å²) in [6.45, 7) is 8.10. The van der Waals surface area contributed by atoms with E-state index in [1.165, 1.54) is 4.90 Å². The summed E-state index contributed by atoms with van der Waals surface area (Å²) in [5.41, 5.74) is -0.504. The number of rotatable bonds is 1. The molecule has 1 heterocycles. The zero-order chi connectivity index (χ0) is 11.6. The second kappa shape index (κ2) is 4.21. The van der Waals surface area contributed by atoms with Crippen LogP contribution in [-0.4, -0.2) is 35.5 Å². The Labute approximate surface area is 90.6 Å². The van der Waals surface area contributed by atoms with Crippen molar-refractivity contribution in [3.63, 3.8) is 0 Å². The van der Waals surface area contributed by atoms with Crippen LogP contribution in [0.15, 0.2) is 0 Å². The van der Waals surface area contributed by atoms with Crippen molar-refractivity contribution in [1.29, 1.82) is 0 Å².